The Labute approximate surface area is 316 Å². The first-order valence-electron chi connectivity index (χ1n) is 17.9. The van der Waals surface area contributed by atoms with Gasteiger partial charge in [0, 0.05) is 7.05 Å². The number of ether oxygens (including phenoxy) is 2. The summed E-state index contributed by atoms with van der Waals surface area (Å²) in [4.78, 5) is 22.8. The van der Waals surface area contributed by atoms with Gasteiger partial charge in [-0.1, -0.05) is 52.0 Å². The molecule has 4 aromatic carbocycles. The van der Waals surface area contributed by atoms with Crippen molar-refractivity contribution in [3.63, 3.8) is 0 Å². The number of phenolic OH excluding ortho intramolecular Hbond substituents is 2. The van der Waals surface area contributed by atoms with Gasteiger partial charge in [0.15, 0.2) is 13.2 Å². The molecular weight excluding hydrogens is 697 g/mol. The lowest BCUT2D eigenvalue weighted by molar-refractivity contribution is -0.139. The summed E-state index contributed by atoms with van der Waals surface area (Å²) < 4.78 is 47.3. The first kappa shape index (κ1) is 43.2. The summed E-state index contributed by atoms with van der Waals surface area (Å²) in [6.45, 7) is 14.3. The quantitative estimate of drug-likeness (QED) is 0.109. The van der Waals surface area contributed by atoms with Crippen LogP contribution in [-0.2, 0) is 22.4 Å². The SMILES string of the molecule is CNC(=O)COc1cc(C)c(Cc2ccc(O)c(C(C)C)c2)c(C)c1.Cc1cc(OCC(=O)NCC(F)(F)F)cc(C)c1Cc1ccc(O)c(C(C)C)c1. The smallest absolute Gasteiger partial charge is 0.405 e. The van der Waals surface area contributed by atoms with Crippen molar-refractivity contribution >= 4 is 11.8 Å². The second-order valence-corrected chi connectivity index (χ2v) is 14.2. The van der Waals surface area contributed by atoms with E-state index in [4.69, 9.17) is 9.47 Å². The Hall–Kier alpha value is -5.19. The van der Waals surface area contributed by atoms with Gasteiger partial charge in [-0.3, -0.25) is 9.59 Å². The highest BCUT2D eigenvalue weighted by Crippen LogP contribution is 2.31. The van der Waals surface area contributed by atoms with Crippen LogP contribution < -0.4 is 20.1 Å². The molecular formula is C43H53F3N2O6. The molecule has 292 valence electrons. The molecule has 4 N–H and O–H groups in total. The van der Waals surface area contributed by atoms with Gasteiger partial charge in [0.1, 0.15) is 29.5 Å². The zero-order valence-corrected chi connectivity index (χ0v) is 32.6. The average molecular weight is 751 g/mol. The van der Waals surface area contributed by atoms with Crippen LogP contribution in [0.3, 0.4) is 0 Å². The van der Waals surface area contributed by atoms with Crippen LogP contribution in [0.5, 0.6) is 23.0 Å². The number of aromatic hydroxyl groups is 2. The minimum atomic E-state index is -4.45. The number of nitrogens with one attached hydrogen (secondary N) is 2. The molecule has 0 aliphatic heterocycles. The maximum atomic E-state index is 12.1. The van der Waals surface area contributed by atoms with Gasteiger partial charge in [0.2, 0.25) is 0 Å². The standard InChI is InChI=1S/C22H26F3NO3.C21H27NO3/c1-13(2)18-9-16(5-6-20(18)27)10-19-14(3)7-17(8-15(19)4)29-11-21(28)26-12-22(23,24)25;1-13(2)18-10-16(6-7-20(18)23)11-19-14(3)8-17(9-15(19)4)25-12-21(24)22-5/h5-9,13,27H,10-12H2,1-4H3,(H,26,28);6-10,13,23H,11-12H2,1-5H3,(H,22,24). The first-order chi connectivity index (χ1) is 25.3. The van der Waals surface area contributed by atoms with Crippen molar-refractivity contribution in [2.24, 2.45) is 0 Å². The van der Waals surface area contributed by atoms with Gasteiger partial charge in [-0.25, -0.2) is 0 Å². The minimum Gasteiger partial charge on any atom is -0.508 e. The van der Waals surface area contributed by atoms with Crippen molar-refractivity contribution in [3.8, 4) is 23.0 Å². The fraction of sp³-hybridized carbons (Fsp3) is 0.395. The largest absolute Gasteiger partial charge is 0.508 e. The first-order valence-corrected chi connectivity index (χ1v) is 17.9. The summed E-state index contributed by atoms with van der Waals surface area (Å²) in [5, 5.41) is 24.3. The van der Waals surface area contributed by atoms with Crippen LogP contribution in [0.15, 0.2) is 60.7 Å². The van der Waals surface area contributed by atoms with Crippen molar-refractivity contribution in [2.45, 2.75) is 86.2 Å². The predicted molar refractivity (Wildman–Crippen MR) is 206 cm³/mol. The normalized spacial score (nSPS) is 11.2. The van der Waals surface area contributed by atoms with E-state index >= 15 is 0 Å². The van der Waals surface area contributed by atoms with E-state index < -0.39 is 25.2 Å². The second kappa shape index (κ2) is 19.2. The van der Waals surface area contributed by atoms with Crippen LogP contribution in [0.1, 0.15) is 95.2 Å². The molecule has 54 heavy (non-hydrogen) atoms. The number of hydrogen-bond donors (Lipinski definition) is 4. The summed E-state index contributed by atoms with van der Waals surface area (Å²) in [6.07, 6.45) is -2.98. The maximum Gasteiger partial charge on any atom is 0.405 e. The Bertz CT molecular complexity index is 1870. The van der Waals surface area contributed by atoms with Crippen molar-refractivity contribution < 1.29 is 42.4 Å². The fourth-order valence-corrected chi connectivity index (χ4v) is 6.01. The lowest BCUT2D eigenvalue weighted by atomic mass is 9.93. The summed E-state index contributed by atoms with van der Waals surface area (Å²) in [6, 6.07) is 18.9. The van der Waals surface area contributed by atoms with Gasteiger partial charge in [-0.15, -0.1) is 0 Å². The zero-order valence-electron chi connectivity index (χ0n) is 32.6. The number of carbonyl (C=O) groups excluding carboxylic acids is 2. The van der Waals surface area contributed by atoms with E-state index in [2.05, 4.69) is 39.1 Å². The average Bonchev–Trinajstić information content (AvgIpc) is 3.09. The lowest BCUT2D eigenvalue weighted by Crippen LogP contribution is -2.36. The van der Waals surface area contributed by atoms with Gasteiger partial charge in [0.05, 0.1) is 0 Å². The Morgan fingerprint density at radius 3 is 1.35 bits per heavy atom. The molecule has 2 amide bonds. The maximum absolute atomic E-state index is 12.1. The van der Waals surface area contributed by atoms with E-state index in [1.54, 1.807) is 36.6 Å². The third-order valence-electron chi connectivity index (χ3n) is 9.03. The van der Waals surface area contributed by atoms with E-state index in [0.29, 0.717) is 23.7 Å². The molecule has 0 fully saturated rings. The second-order valence-electron chi connectivity index (χ2n) is 14.2. The number of halogens is 3. The highest BCUT2D eigenvalue weighted by Gasteiger charge is 2.27. The number of benzene rings is 4. The third kappa shape index (κ3) is 13.0. The summed E-state index contributed by atoms with van der Waals surface area (Å²) in [7, 11) is 1.59. The van der Waals surface area contributed by atoms with Crippen LogP contribution in [0, 0.1) is 27.7 Å². The number of alkyl halides is 3. The topological polar surface area (TPSA) is 117 Å². The zero-order chi connectivity index (χ0) is 40.3. The fourth-order valence-electron chi connectivity index (χ4n) is 6.01. The molecule has 0 saturated carbocycles. The van der Waals surface area contributed by atoms with Crippen molar-refractivity contribution in [3.05, 3.63) is 116 Å². The Balaban J connectivity index is 0.000000294. The lowest BCUT2D eigenvalue weighted by Gasteiger charge is -2.15. The van der Waals surface area contributed by atoms with Crippen molar-refractivity contribution in [1.29, 1.82) is 0 Å². The van der Waals surface area contributed by atoms with Gasteiger partial charge < -0.3 is 30.3 Å². The molecule has 0 aliphatic carbocycles. The van der Waals surface area contributed by atoms with E-state index in [1.165, 1.54) is 11.1 Å². The number of phenols is 2. The number of hydrogen-bond acceptors (Lipinski definition) is 6. The molecule has 0 aromatic heterocycles. The van der Waals surface area contributed by atoms with Gasteiger partial charge >= 0.3 is 6.18 Å². The minimum absolute atomic E-state index is 0.0183. The van der Waals surface area contributed by atoms with E-state index in [1.807, 2.05) is 58.0 Å². The number of aryl methyl sites for hydroxylation is 4. The van der Waals surface area contributed by atoms with E-state index in [9.17, 15) is 33.0 Å². The van der Waals surface area contributed by atoms with Crippen LogP contribution in [0.25, 0.3) is 0 Å². The summed E-state index contributed by atoms with van der Waals surface area (Å²) in [5.41, 5.74) is 10.6. The Morgan fingerprint density at radius 2 is 1.02 bits per heavy atom. The molecule has 4 rings (SSSR count). The number of carbonyl (C=O) groups is 2. The Morgan fingerprint density at radius 1 is 0.648 bits per heavy atom. The summed E-state index contributed by atoms with van der Waals surface area (Å²) in [5.74, 6) is 1.28. The molecule has 11 heteroatoms. The number of rotatable bonds is 13. The molecule has 0 radical (unpaired) electrons. The van der Waals surface area contributed by atoms with Gasteiger partial charge in [-0.05, 0) is 144 Å². The van der Waals surface area contributed by atoms with Crippen LogP contribution in [0.4, 0.5) is 13.2 Å². The van der Waals surface area contributed by atoms with Crippen LogP contribution in [-0.4, -0.2) is 55.0 Å². The molecule has 0 aliphatic rings. The molecule has 8 nitrogen and oxygen atoms in total. The van der Waals surface area contributed by atoms with E-state index in [-0.39, 0.29) is 30.1 Å². The Kier molecular flexibility index (Phi) is 15.4. The molecule has 0 spiro atoms. The molecule has 0 heterocycles. The number of likely N-dealkylation sites (N-methyl/N-ethyl adjacent to an activating group) is 1. The van der Waals surface area contributed by atoms with Crippen LogP contribution >= 0.6 is 0 Å². The van der Waals surface area contributed by atoms with Gasteiger partial charge in [-0.2, -0.15) is 13.2 Å². The monoisotopic (exact) mass is 750 g/mol. The third-order valence-corrected chi connectivity index (χ3v) is 9.03. The number of amides is 2. The van der Waals surface area contributed by atoms with Crippen molar-refractivity contribution in [1.82, 2.24) is 10.6 Å². The summed E-state index contributed by atoms with van der Waals surface area (Å²) >= 11 is 0. The molecule has 0 saturated heterocycles. The molecule has 4 aromatic rings. The van der Waals surface area contributed by atoms with Crippen LogP contribution in [0.2, 0.25) is 0 Å². The van der Waals surface area contributed by atoms with Crippen molar-refractivity contribution in [2.75, 3.05) is 26.8 Å². The molecule has 0 bridgehead atoms. The van der Waals surface area contributed by atoms with Gasteiger partial charge in [0.25, 0.3) is 11.8 Å². The molecule has 0 unspecified atom stereocenters. The highest BCUT2D eigenvalue weighted by molar-refractivity contribution is 5.77. The highest BCUT2D eigenvalue weighted by atomic mass is 19.4. The molecule has 0 atom stereocenters. The predicted octanol–water partition coefficient (Wildman–Crippen LogP) is 8.63. The van der Waals surface area contributed by atoms with E-state index in [0.717, 1.165) is 50.9 Å².